The Bertz CT molecular complexity index is 458. The van der Waals surface area contributed by atoms with Crippen molar-refractivity contribution in [3.8, 4) is 0 Å². The minimum atomic E-state index is -0.832. The summed E-state index contributed by atoms with van der Waals surface area (Å²) < 4.78 is 0. The fraction of sp³-hybridized carbons (Fsp3) is 0.615. The number of aromatic nitrogens is 2. The van der Waals surface area contributed by atoms with E-state index in [1.807, 2.05) is 6.07 Å². The Morgan fingerprint density at radius 2 is 2.11 bits per heavy atom. The maximum absolute atomic E-state index is 11.0. The number of carboxylic acid groups (broad SMARTS) is 1. The summed E-state index contributed by atoms with van der Waals surface area (Å²) in [5.41, 5.74) is -0.827. The van der Waals surface area contributed by atoms with Crippen LogP contribution in [0.1, 0.15) is 33.1 Å². The van der Waals surface area contributed by atoms with Crippen LogP contribution in [0, 0.1) is 5.41 Å². The number of nitrogens with zero attached hydrogens (tertiary/aromatic N) is 2. The highest BCUT2D eigenvalue weighted by molar-refractivity contribution is 5.74. The molecule has 1 aliphatic rings. The van der Waals surface area contributed by atoms with Gasteiger partial charge in [0.1, 0.15) is 18.0 Å². The molecule has 6 nitrogen and oxygen atoms in total. The molecule has 0 atom stereocenters. The van der Waals surface area contributed by atoms with Gasteiger partial charge in [-0.15, -0.1) is 0 Å². The van der Waals surface area contributed by atoms with Gasteiger partial charge in [0.25, 0.3) is 0 Å². The molecule has 0 bridgehead atoms. The quantitative estimate of drug-likeness (QED) is 0.728. The highest BCUT2D eigenvalue weighted by Crippen LogP contribution is 2.23. The molecule has 19 heavy (non-hydrogen) atoms. The molecule has 6 heteroatoms. The molecule has 0 saturated heterocycles. The van der Waals surface area contributed by atoms with Gasteiger partial charge in [-0.05, 0) is 33.1 Å². The average Bonchev–Trinajstić information content (AvgIpc) is 2.32. The second-order valence-electron chi connectivity index (χ2n) is 5.60. The number of hydrogen-bond acceptors (Lipinski definition) is 5. The Labute approximate surface area is 112 Å². The second-order valence-corrected chi connectivity index (χ2v) is 5.60. The monoisotopic (exact) mass is 264 g/mol. The molecular formula is C13H20N4O2. The minimum absolute atomic E-state index is 0.322. The highest BCUT2D eigenvalue weighted by atomic mass is 16.4. The lowest BCUT2D eigenvalue weighted by molar-refractivity contribution is -0.146. The zero-order valence-electron chi connectivity index (χ0n) is 11.3. The molecule has 104 valence electrons. The summed E-state index contributed by atoms with van der Waals surface area (Å²) in [5.74, 6) is 0.600. The van der Waals surface area contributed by atoms with Crippen LogP contribution in [0.4, 0.5) is 11.6 Å². The van der Waals surface area contributed by atoms with E-state index >= 15 is 0 Å². The molecule has 0 amide bonds. The molecule has 0 aromatic carbocycles. The lowest BCUT2D eigenvalue weighted by atomic mass is 9.93. The summed E-state index contributed by atoms with van der Waals surface area (Å²) in [7, 11) is 0. The lowest BCUT2D eigenvalue weighted by Crippen LogP contribution is -2.32. The van der Waals surface area contributed by atoms with E-state index in [1.54, 1.807) is 13.8 Å². The summed E-state index contributed by atoms with van der Waals surface area (Å²) in [6.45, 7) is 3.68. The molecule has 0 spiro atoms. The molecule has 0 radical (unpaired) electrons. The standard InChI is InChI=1S/C13H20N4O2/c1-13(2,12(18)19)7-14-10-6-11(16-8-15-10)17-9-4-3-5-9/h6,8-9H,3-5,7H2,1-2H3,(H,18,19)(H2,14,15,16,17). The van der Waals surface area contributed by atoms with Gasteiger partial charge in [0.05, 0.1) is 5.41 Å². The van der Waals surface area contributed by atoms with Gasteiger partial charge in [-0.3, -0.25) is 4.79 Å². The first kappa shape index (κ1) is 13.6. The smallest absolute Gasteiger partial charge is 0.310 e. The van der Waals surface area contributed by atoms with Crippen LogP contribution in [0.15, 0.2) is 12.4 Å². The molecule has 1 aromatic rings. The zero-order chi connectivity index (χ0) is 13.9. The SMILES string of the molecule is CC(C)(CNc1cc(NC2CCC2)ncn1)C(=O)O. The van der Waals surface area contributed by atoms with Crippen molar-refractivity contribution in [1.29, 1.82) is 0 Å². The molecule has 1 fully saturated rings. The third-order valence-electron chi connectivity index (χ3n) is 3.41. The van der Waals surface area contributed by atoms with E-state index in [9.17, 15) is 4.79 Å². The number of carbonyl (C=O) groups is 1. The fourth-order valence-corrected chi connectivity index (χ4v) is 1.68. The van der Waals surface area contributed by atoms with Gasteiger partial charge in [-0.2, -0.15) is 0 Å². The molecule has 0 aliphatic heterocycles. The van der Waals surface area contributed by atoms with Gasteiger partial charge in [0, 0.05) is 18.7 Å². The number of rotatable bonds is 6. The average molecular weight is 264 g/mol. The summed E-state index contributed by atoms with van der Waals surface area (Å²) in [5, 5.41) is 15.4. The van der Waals surface area contributed by atoms with Crippen LogP contribution >= 0.6 is 0 Å². The number of anilines is 2. The highest BCUT2D eigenvalue weighted by Gasteiger charge is 2.26. The predicted octanol–water partition coefficient (Wildman–Crippen LogP) is 1.96. The number of hydrogen-bond donors (Lipinski definition) is 3. The largest absolute Gasteiger partial charge is 0.481 e. The van der Waals surface area contributed by atoms with Crippen molar-refractivity contribution in [2.24, 2.45) is 5.41 Å². The Balaban J connectivity index is 1.93. The molecule has 1 saturated carbocycles. The van der Waals surface area contributed by atoms with E-state index in [0.29, 0.717) is 18.4 Å². The molecule has 0 unspecified atom stereocenters. The Hall–Kier alpha value is -1.85. The van der Waals surface area contributed by atoms with Crippen molar-refractivity contribution in [2.45, 2.75) is 39.2 Å². The summed E-state index contributed by atoms with van der Waals surface area (Å²) in [6.07, 6.45) is 5.11. The first-order valence-corrected chi connectivity index (χ1v) is 6.53. The normalized spacial score (nSPS) is 15.7. The van der Waals surface area contributed by atoms with E-state index in [1.165, 1.54) is 25.6 Å². The third kappa shape index (κ3) is 3.56. The van der Waals surface area contributed by atoms with Crippen LogP contribution in [-0.4, -0.2) is 33.6 Å². The van der Waals surface area contributed by atoms with Gasteiger partial charge in [0.15, 0.2) is 0 Å². The van der Waals surface area contributed by atoms with Gasteiger partial charge in [-0.1, -0.05) is 0 Å². The molecule has 3 N–H and O–H groups in total. The first-order chi connectivity index (χ1) is 8.97. The van der Waals surface area contributed by atoms with Crippen LogP contribution < -0.4 is 10.6 Å². The van der Waals surface area contributed by atoms with Crippen LogP contribution in [0.2, 0.25) is 0 Å². The van der Waals surface area contributed by atoms with Crippen molar-refractivity contribution in [3.05, 3.63) is 12.4 Å². The zero-order valence-corrected chi connectivity index (χ0v) is 11.3. The van der Waals surface area contributed by atoms with E-state index in [0.717, 1.165) is 5.82 Å². The fourth-order valence-electron chi connectivity index (χ4n) is 1.68. The van der Waals surface area contributed by atoms with Crippen LogP contribution in [0.3, 0.4) is 0 Å². The minimum Gasteiger partial charge on any atom is -0.481 e. The van der Waals surface area contributed by atoms with Crippen molar-refractivity contribution < 1.29 is 9.90 Å². The van der Waals surface area contributed by atoms with Crippen molar-refractivity contribution in [1.82, 2.24) is 9.97 Å². The third-order valence-corrected chi connectivity index (χ3v) is 3.41. The van der Waals surface area contributed by atoms with E-state index in [2.05, 4.69) is 20.6 Å². The topological polar surface area (TPSA) is 87.1 Å². The second kappa shape index (κ2) is 5.42. The van der Waals surface area contributed by atoms with E-state index in [4.69, 9.17) is 5.11 Å². The van der Waals surface area contributed by atoms with E-state index < -0.39 is 11.4 Å². The van der Waals surface area contributed by atoms with Gasteiger partial charge < -0.3 is 15.7 Å². The lowest BCUT2D eigenvalue weighted by Gasteiger charge is -2.27. The molecule has 1 heterocycles. The number of nitrogens with one attached hydrogen (secondary N) is 2. The Morgan fingerprint density at radius 1 is 1.42 bits per heavy atom. The van der Waals surface area contributed by atoms with E-state index in [-0.39, 0.29) is 0 Å². The summed E-state index contributed by atoms with van der Waals surface area (Å²) in [6, 6.07) is 2.33. The maximum atomic E-state index is 11.0. The summed E-state index contributed by atoms with van der Waals surface area (Å²) in [4.78, 5) is 19.3. The number of carboxylic acids is 1. The van der Waals surface area contributed by atoms with Crippen molar-refractivity contribution in [3.63, 3.8) is 0 Å². The Morgan fingerprint density at radius 3 is 2.68 bits per heavy atom. The maximum Gasteiger partial charge on any atom is 0.310 e. The van der Waals surface area contributed by atoms with Crippen LogP contribution in [-0.2, 0) is 4.79 Å². The van der Waals surface area contributed by atoms with Gasteiger partial charge in [0.2, 0.25) is 0 Å². The van der Waals surface area contributed by atoms with Crippen LogP contribution in [0.5, 0.6) is 0 Å². The van der Waals surface area contributed by atoms with Gasteiger partial charge in [-0.25, -0.2) is 9.97 Å². The molecule has 1 aliphatic carbocycles. The molecular weight excluding hydrogens is 244 g/mol. The van der Waals surface area contributed by atoms with Gasteiger partial charge >= 0.3 is 5.97 Å². The first-order valence-electron chi connectivity index (χ1n) is 6.53. The predicted molar refractivity (Wildman–Crippen MR) is 73.2 cm³/mol. The summed E-state index contributed by atoms with van der Waals surface area (Å²) >= 11 is 0. The van der Waals surface area contributed by atoms with Crippen LogP contribution in [0.25, 0.3) is 0 Å². The van der Waals surface area contributed by atoms with Crippen molar-refractivity contribution >= 4 is 17.6 Å². The van der Waals surface area contributed by atoms with Crippen molar-refractivity contribution in [2.75, 3.05) is 17.2 Å². The number of aliphatic carboxylic acids is 1. The molecule has 2 rings (SSSR count). The molecule has 1 aromatic heterocycles. The Kier molecular flexibility index (Phi) is 3.87.